The Bertz CT molecular complexity index is 767. The second-order valence-corrected chi connectivity index (χ2v) is 6.15. The molecule has 0 fully saturated rings. The van der Waals surface area contributed by atoms with Crippen molar-refractivity contribution in [2.75, 3.05) is 5.32 Å². The molecule has 0 saturated heterocycles. The van der Waals surface area contributed by atoms with E-state index >= 15 is 0 Å². The van der Waals surface area contributed by atoms with Crippen LogP contribution in [0, 0.1) is 0 Å². The van der Waals surface area contributed by atoms with Gasteiger partial charge in [0.2, 0.25) is 0 Å². The number of carbonyl (C=O) groups excluding carboxylic acids is 1. The lowest BCUT2D eigenvalue weighted by atomic mass is 10.2. The number of rotatable bonds is 6. The van der Waals surface area contributed by atoms with Crippen molar-refractivity contribution in [3.8, 4) is 11.5 Å². The number of amides is 1. The minimum Gasteiger partial charge on any atom is -0.463 e. The number of furan rings is 1. The molecule has 0 saturated carbocycles. The van der Waals surface area contributed by atoms with Crippen LogP contribution in [-0.4, -0.2) is 15.9 Å². The fraction of sp³-hybridized carbons (Fsp3) is 0.235. The molecule has 6 heteroatoms. The Labute approximate surface area is 138 Å². The number of hydrogen-bond donors (Lipinski definition) is 1. The highest BCUT2D eigenvalue weighted by atomic mass is 32.1. The topological polar surface area (TPSA) is 68.0 Å². The molecule has 5 nitrogen and oxygen atoms in total. The zero-order chi connectivity index (χ0) is 16.1. The molecule has 3 aromatic rings. The van der Waals surface area contributed by atoms with Crippen molar-refractivity contribution in [3.05, 3.63) is 53.4 Å². The van der Waals surface area contributed by atoms with Crippen LogP contribution in [0.15, 0.2) is 47.3 Å². The van der Waals surface area contributed by atoms with Crippen molar-refractivity contribution in [1.29, 1.82) is 0 Å². The molecule has 0 aliphatic rings. The van der Waals surface area contributed by atoms with Crippen LogP contribution in [0.25, 0.3) is 11.5 Å². The van der Waals surface area contributed by atoms with E-state index in [0.29, 0.717) is 10.7 Å². The van der Waals surface area contributed by atoms with E-state index in [4.69, 9.17) is 4.42 Å². The maximum absolute atomic E-state index is 12.2. The molecule has 23 heavy (non-hydrogen) atoms. The van der Waals surface area contributed by atoms with E-state index in [0.717, 1.165) is 35.6 Å². The number of aromatic nitrogens is 2. The van der Waals surface area contributed by atoms with Crippen molar-refractivity contribution in [2.45, 2.75) is 26.2 Å². The standard InChI is InChI=1S/C17H17N3O2S/c1-2-3-6-14-15(13-5-4-11-22-13)19-17(23-14)20-16(21)12-7-9-18-10-8-12/h4-5,7-11H,2-3,6H2,1H3,(H,19,20,21). The fourth-order valence-corrected chi connectivity index (χ4v) is 3.19. The van der Waals surface area contributed by atoms with Gasteiger partial charge >= 0.3 is 0 Å². The summed E-state index contributed by atoms with van der Waals surface area (Å²) in [4.78, 5) is 21.8. The molecule has 0 aliphatic carbocycles. The maximum Gasteiger partial charge on any atom is 0.257 e. The van der Waals surface area contributed by atoms with Crippen LogP contribution in [-0.2, 0) is 6.42 Å². The average molecular weight is 327 g/mol. The molecular weight excluding hydrogens is 310 g/mol. The monoisotopic (exact) mass is 327 g/mol. The number of hydrogen-bond acceptors (Lipinski definition) is 5. The molecule has 0 radical (unpaired) electrons. The van der Waals surface area contributed by atoms with Crippen molar-refractivity contribution < 1.29 is 9.21 Å². The Morgan fingerprint density at radius 3 is 2.83 bits per heavy atom. The van der Waals surface area contributed by atoms with Gasteiger partial charge in [-0.05, 0) is 37.1 Å². The zero-order valence-electron chi connectivity index (χ0n) is 12.8. The van der Waals surface area contributed by atoms with Gasteiger partial charge in [-0.1, -0.05) is 13.3 Å². The molecule has 118 valence electrons. The van der Waals surface area contributed by atoms with Gasteiger partial charge in [-0.15, -0.1) is 11.3 Å². The minimum absolute atomic E-state index is 0.186. The Hall–Kier alpha value is -2.47. The Morgan fingerprint density at radius 1 is 1.30 bits per heavy atom. The van der Waals surface area contributed by atoms with Crippen LogP contribution >= 0.6 is 11.3 Å². The molecule has 0 spiro atoms. The molecule has 0 unspecified atom stereocenters. The first-order chi connectivity index (χ1) is 11.3. The second kappa shape index (κ2) is 7.19. The van der Waals surface area contributed by atoms with Crippen LogP contribution in [0.2, 0.25) is 0 Å². The molecular formula is C17H17N3O2S. The minimum atomic E-state index is -0.186. The van der Waals surface area contributed by atoms with Crippen molar-refractivity contribution >= 4 is 22.4 Å². The first-order valence-electron chi connectivity index (χ1n) is 7.53. The van der Waals surface area contributed by atoms with E-state index in [1.807, 2.05) is 12.1 Å². The van der Waals surface area contributed by atoms with Crippen LogP contribution in [0.4, 0.5) is 5.13 Å². The normalized spacial score (nSPS) is 10.7. The van der Waals surface area contributed by atoms with Crippen LogP contribution in [0.1, 0.15) is 35.0 Å². The van der Waals surface area contributed by atoms with Gasteiger partial charge in [0, 0.05) is 22.8 Å². The summed E-state index contributed by atoms with van der Waals surface area (Å²) in [5, 5.41) is 3.44. The highest BCUT2D eigenvalue weighted by molar-refractivity contribution is 7.16. The third kappa shape index (κ3) is 3.65. The summed E-state index contributed by atoms with van der Waals surface area (Å²) in [6, 6.07) is 7.08. The van der Waals surface area contributed by atoms with E-state index in [2.05, 4.69) is 22.2 Å². The summed E-state index contributed by atoms with van der Waals surface area (Å²) >= 11 is 1.50. The smallest absolute Gasteiger partial charge is 0.257 e. The molecule has 3 rings (SSSR count). The Balaban J connectivity index is 1.84. The van der Waals surface area contributed by atoms with Crippen LogP contribution in [0.5, 0.6) is 0 Å². The summed E-state index contributed by atoms with van der Waals surface area (Å²) in [6.07, 6.45) is 7.93. The van der Waals surface area contributed by atoms with Crippen molar-refractivity contribution in [1.82, 2.24) is 9.97 Å². The quantitative estimate of drug-likeness (QED) is 0.729. The molecule has 1 amide bonds. The zero-order valence-corrected chi connectivity index (χ0v) is 13.6. The third-order valence-electron chi connectivity index (χ3n) is 3.37. The number of unbranched alkanes of at least 4 members (excludes halogenated alkanes) is 1. The van der Waals surface area contributed by atoms with E-state index in [1.54, 1.807) is 30.8 Å². The largest absolute Gasteiger partial charge is 0.463 e. The summed E-state index contributed by atoms with van der Waals surface area (Å²) in [5.74, 6) is 0.547. The van der Waals surface area contributed by atoms with Crippen LogP contribution in [0.3, 0.4) is 0 Å². The van der Waals surface area contributed by atoms with Gasteiger partial charge in [-0.25, -0.2) is 4.98 Å². The highest BCUT2D eigenvalue weighted by Gasteiger charge is 2.16. The number of nitrogens with zero attached hydrogens (tertiary/aromatic N) is 2. The Morgan fingerprint density at radius 2 is 2.13 bits per heavy atom. The van der Waals surface area contributed by atoms with E-state index < -0.39 is 0 Å². The van der Waals surface area contributed by atoms with Gasteiger partial charge in [-0.2, -0.15) is 0 Å². The molecule has 0 bridgehead atoms. The molecule has 0 aromatic carbocycles. The Kier molecular flexibility index (Phi) is 4.83. The first-order valence-corrected chi connectivity index (χ1v) is 8.34. The van der Waals surface area contributed by atoms with E-state index in [1.165, 1.54) is 11.3 Å². The fourth-order valence-electron chi connectivity index (χ4n) is 2.19. The lowest BCUT2D eigenvalue weighted by molar-refractivity contribution is 0.102. The van der Waals surface area contributed by atoms with Gasteiger partial charge in [0.1, 0.15) is 5.69 Å². The molecule has 3 aromatic heterocycles. The summed E-state index contributed by atoms with van der Waals surface area (Å²) < 4.78 is 5.47. The average Bonchev–Trinajstić information content (AvgIpc) is 3.23. The van der Waals surface area contributed by atoms with Crippen LogP contribution < -0.4 is 5.32 Å². The van der Waals surface area contributed by atoms with Crippen molar-refractivity contribution in [2.24, 2.45) is 0 Å². The second-order valence-electron chi connectivity index (χ2n) is 5.06. The van der Waals surface area contributed by atoms with Gasteiger partial charge < -0.3 is 4.42 Å². The number of aryl methyl sites for hydroxylation is 1. The number of thiazole rings is 1. The highest BCUT2D eigenvalue weighted by Crippen LogP contribution is 2.32. The summed E-state index contributed by atoms with van der Waals surface area (Å²) in [6.45, 7) is 2.15. The molecule has 1 N–H and O–H groups in total. The predicted molar refractivity (Wildman–Crippen MR) is 90.6 cm³/mol. The SMILES string of the molecule is CCCCc1sc(NC(=O)c2ccncc2)nc1-c1ccco1. The third-order valence-corrected chi connectivity index (χ3v) is 4.40. The number of nitrogens with one attached hydrogen (secondary N) is 1. The number of anilines is 1. The van der Waals surface area contributed by atoms with E-state index in [-0.39, 0.29) is 5.91 Å². The molecule has 0 atom stereocenters. The lowest BCUT2D eigenvalue weighted by Crippen LogP contribution is -2.11. The van der Waals surface area contributed by atoms with Gasteiger partial charge in [0.15, 0.2) is 10.9 Å². The van der Waals surface area contributed by atoms with Gasteiger partial charge in [0.25, 0.3) is 5.91 Å². The number of carbonyl (C=O) groups is 1. The summed E-state index contributed by atoms with van der Waals surface area (Å²) in [7, 11) is 0. The predicted octanol–water partition coefficient (Wildman–Crippen LogP) is 4.39. The molecule has 3 heterocycles. The van der Waals surface area contributed by atoms with Gasteiger partial charge in [-0.3, -0.25) is 15.1 Å². The lowest BCUT2D eigenvalue weighted by Gasteiger charge is -2.00. The first kappa shape index (κ1) is 15.4. The van der Waals surface area contributed by atoms with Gasteiger partial charge in [0.05, 0.1) is 6.26 Å². The molecule has 0 aliphatic heterocycles. The van der Waals surface area contributed by atoms with E-state index in [9.17, 15) is 4.79 Å². The summed E-state index contributed by atoms with van der Waals surface area (Å²) in [5.41, 5.74) is 1.38. The maximum atomic E-state index is 12.2. The number of pyridine rings is 1. The van der Waals surface area contributed by atoms with Crippen molar-refractivity contribution in [3.63, 3.8) is 0 Å².